The zero-order valence-electron chi connectivity index (χ0n) is 10.2. The molecule has 0 spiro atoms. The van der Waals surface area contributed by atoms with Crippen molar-refractivity contribution in [2.24, 2.45) is 0 Å². The van der Waals surface area contributed by atoms with Gasteiger partial charge in [-0.2, -0.15) is 8.78 Å². The molecule has 6 nitrogen and oxygen atoms in total. The van der Waals surface area contributed by atoms with Crippen molar-refractivity contribution in [3.05, 3.63) is 32.6 Å². The molecule has 0 aliphatic heterocycles. The van der Waals surface area contributed by atoms with Crippen molar-refractivity contribution >= 4 is 17.7 Å². The van der Waals surface area contributed by atoms with Crippen LogP contribution in [0.15, 0.2) is 15.8 Å². The molecule has 1 N–H and O–H groups in total. The van der Waals surface area contributed by atoms with Crippen LogP contribution in [0.1, 0.15) is 5.56 Å². The molecule has 19 heavy (non-hydrogen) atoms. The van der Waals surface area contributed by atoms with Crippen molar-refractivity contribution in [1.29, 1.82) is 0 Å². The van der Waals surface area contributed by atoms with Gasteiger partial charge >= 0.3 is 16.9 Å². The molecule has 1 heterocycles. The van der Waals surface area contributed by atoms with Crippen LogP contribution < -0.4 is 11.2 Å². The highest BCUT2D eigenvalue weighted by molar-refractivity contribution is 8.01. The van der Waals surface area contributed by atoms with Gasteiger partial charge in [-0.15, -0.1) is 0 Å². The van der Waals surface area contributed by atoms with Crippen molar-refractivity contribution in [1.82, 2.24) is 9.55 Å². The number of thioether (sulfide) groups is 1. The molecule has 1 rings (SSSR count). The number of alkyl halides is 2. The highest BCUT2D eigenvalue weighted by Crippen LogP contribution is 2.30. The van der Waals surface area contributed by atoms with Gasteiger partial charge < -0.3 is 4.74 Å². The van der Waals surface area contributed by atoms with Gasteiger partial charge in [0.1, 0.15) is 0 Å². The van der Waals surface area contributed by atoms with Crippen molar-refractivity contribution in [2.45, 2.75) is 18.7 Å². The van der Waals surface area contributed by atoms with Crippen LogP contribution in [0.25, 0.3) is 0 Å². The smallest absolute Gasteiger partial charge is 0.388 e. The normalized spacial score (nSPS) is 11.4. The lowest BCUT2D eigenvalue weighted by atomic mass is 10.4. The maximum atomic E-state index is 13.1. The Morgan fingerprint density at radius 1 is 1.53 bits per heavy atom. The molecule has 0 unspecified atom stereocenters. The summed E-state index contributed by atoms with van der Waals surface area (Å²) >= 11 is 0.0654. The van der Waals surface area contributed by atoms with Crippen molar-refractivity contribution in [3.8, 4) is 0 Å². The second-order valence-electron chi connectivity index (χ2n) is 3.62. The van der Waals surface area contributed by atoms with Gasteiger partial charge in [0.2, 0.25) is 0 Å². The minimum absolute atomic E-state index is 0.0618. The summed E-state index contributed by atoms with van der Waals surface area (Å²) in [4.78, 5) is 35.2. The quantitative estimate of drug-likeness (QED) is 0.792. The second-order valence-corrected chi connectivity index (χ2v) is 4.83. The SMILES string of the molecule is COC(=O)C(F)(F)SCCn1cc(C)c(=O)[nH]c1=O. The number of aromatic amines is 1. The molecule has 0 amide bonds. The van der Waals surface area contributed by atoms with Crippen molar-refractivity contribution in [2.75, 3.05) is 12.9 Å². The van der Waals surface area contributed by atoms with E-state index in [0.717, 1.165) is 11.7 Å². The van der Waals surface area contributed by atoms with E-state index in [2.05, 4.69) is 9.72 Å². The number of esters is 1. The summed E-state index contributed by atoms with van der Waals surface area (Å²) in [5.74, 6) is -1.82. The van der Waals surface area contributed by atoms with E-state index in [4.69, 9.17) is 0 Å². The van der Waals surface area contributed by atoms with Gasteiger partial charge in [-0.3, -0.25) is 14.3 Å². The zero-order chi connectivity index (χ0) is 14.6. The van der Waals surface area contributed by atoms with E-state index in [1.165, 1.54) is 13.1 Å². The Kier molecular flexibility index (Phi) is 4.87. The molecule has 0 radical (unpaired) electrons. The number of halogens is 2. The molecule has 0 fully saturated rings. The van der Waals surface area contributed by atoms with Crippen molar-refractivity contribution < 1.29 is 18.3 Å². The number of methoxy groups -OCH3 is 1. The van der Waals surface area contributed by atoms with Crippen LogP contribution in [0.2, 0.25) is 0 Å². The summed E-state index contributed by atoms with van der Waals surface area (Å²) in [5, 5.41) is -3.66. The lowest BCUT2D eigenvalue weighted by molar-refractivity contribution is -0.156. The summed E-state index contributed by atoms with van der Waals surface area (Å²) < 4.78 is 31.3. The highest BCUT2D eigenvalue weighted by Gasteiger charge is 2.40. The van der Waals surface area contributed by atoms with Gasteiger partial charge in [-0.1, -0.05) is 11.8 Å². The van der Waals surface area contributed by atoms with E-state index in [1.54, 1.807) is 0 Å². The molecular formula is C10H12F2N2O4S. The Bertz CT molecular complexity index is 582. The van der Waals surface area contributed by atoms with Gasteiger partial charge in [0.25, 0.3) is 5.56 Å². The number of ether oxygens (including phenoxy) is 1. The fourth-order valence-corrected chi connectivity index (χ4v) is 1.98. The van der Waals surface area contributed by atoms with Crippen LogP contribution in [-0.2, 0) is 16.1 Å². The molecule has 0 aliphatic carbocycles. The number of hydrogen-bond acceptors (Lipinski definition) is 5. The number of hydrogen-bond donors (Lipinski definition) is 1. The van der Waals surface area contributed by atoms with Gasteiger partial charge in [-0.05, 0) is 6.92 Å². The molecule has 0 atom stereocenters. The number of nitrogens with zero attached hydrogens (tertiary/aromatic N) is 1. The number of rotatable bonds is 5. The molecule has 9 heteroatoms. The Hall–Kier alpha value is -1.64. The fourth-order valence-electron chi connectivity index (χ4n) is 1.23. The summed E-state index contributed by atoms with van der Waals surface area (Å²) in [6, 6.07) is 0. The van der Waals surface area contributed by atoms with Crippen LogP contribution >= 0.6 is 11.8 Å². The maximum Gasteiger partial charge on any atom is 0.388 e. The molecule has 106 valence electrons. The van der Waals surface area contributed by atoms with Gasteiger partial charge in [0, 0.05) is 24.1 Å². The van der Waals surface area contributed by atoms with E-state index in [9.17, 15) is 23.2 Å². The molecule has 1 aromatic heterocycles. The monoisotopic (exact) mass is 294 g/mol. The third-order valence-electron chi connectivity index (χ3n) is 2.23. The van der Waals surface area contributed by atoms with E-state index < -0.39 is 22.5 Å². The number of aryl methyl sites for hydroxylation is 2. The van der Waals surface area contributed by atoms with Crippen molar-refractivity contribution in [3.63, 3.8) is 0 Å². The predicted molar refractivity (Wildman–Crippen MR) is 65.5 cm³/mol. The number of carbonyl (C=O) groups is 1. The van der Waals surface area contributed by atoms with E-state index in [1.807, 2.05) is 0 Å². The minimum Gasteiger partial charge on any atom is -0.464 e. The van der Waals surface area contributed by atoms with E-state index in [-0.39, 0.29) is 24.1 Å². The number of nitrogens with one attached hydrogen (secondary N) is 1. The number of H-pyrrole nitrogens is 1. The topological polar surface area (TPSA) is 81.2 Å². The van der Waals surface area contributed by atoms with E-state index in [0.29, 0.717) is 5.56 Å². The first-order chi connectivity index (χ1) is 8.77. The van der Waals surface area contributed by atoms with Crippen LogP contribution in [0.4, 0.5) is 8.78 Å². The van der Waals surface area contributed by atoms with Crippen LogP contribution in [0, 0.1) is 6.92 Å². The average Bonchev–Trinajstić information content (AvgIpc) is 2.34. The predicted octanol–water partition coefficient (Wildman–Crippen LogP) is 0.344. The van der Waals surface area contributed by atoms with Crippen LogP contribution in [0.5, 0.6) is 0 Å². The molecule has 0 bridgehead atoms. The minimum atomic E-state index is -3.66. The Labute approximate surface area is 110 Å². The lowest BCUT2D eigenvalue weighted by Gasteiger charge is -2.13. The summed E-state index contributed by atoms with van der Waals surface area (Å²) in [6.07, 6.45) is 1.28. The maximum absolute atomic E-state index is 13.1. The Balaban J connectivity index is 2.69. The first kappa shape index (κ1) is 15.4. The first-order valence-electron chi connectivity index (χ1n) is 5.18. The third-order valence-corrected chi connectivity index (χ3v) is 3.14. The Morgan fingerprint density at radius 3 is 2.74 bits per heavy atom. The molecule has 0 saturated heterocycles. The first-order valence-corrected chi connectivity index (χ1v) is 6.17. The zero-order valence-corrected chi connectivity index (χ0v) is 11.1. The molecule has 0 saturated carbocycles. The average molecular weight is 294 g/mol. The molecule has 0 aliphatic rings. The molecule has 1 aromatic rings. The van der Waals surface area contributed by atoms with Gasteiger partial charge in [0.15, 0.2) is 0 Å². The summed E-state index contributed by atoms with van der Waals surface area (Å²) in [6.45, 7) is 1.43. The summed E-state index contributed by atoms with van der Waals surface area (Å²) in [5.41, 5.74) is -0.907. The van der Waals surface area contributed by atoms with Crippen LogP contribution in [0.3, 0.4) is 0 Å². The van der Waals surface area contributed by atoms with Crippen LogP contribution in [-0.4, -0.2) is 33.6 Å². The Morgan fingerprint density at radius 2 is 2.16 bits per heavy atom. The standard InChI is InChI=1S/C10H12F2N2O4S/c1-6-5-14(9(17)13-7(6)15)3-4-19-10(11,12)8(16)18-2/h5H,3-4H2,1-2H3,(H,13,15,17). The van der Waals surface area contributed by atoms with Gasteiger partial charge in [-0.25, -0.2) is 9.59 Å². The fraction of sp³-hybridized carbons (Fsp3) is 0.500. The largest absolute Gasteiger partial charge is 0.464 e. The summed E-state index contributed by atoms with van der Waals surface area (Å²) in [7, 11) is 0.868. The van der Waals surface area contributed by atoms with Gasteiger partial charge in [0.05, 0.1) is 7.11 Å². The number of carbonyl (C=O) groups excluding carboxylic acids is 1. The third kappa shape index (κ3) is 3.91. The molecular weight excluding hydrogens is 282 g/mol. The van der Waals surface area contributed by atoms with E-state index >= 15 is 0 Å². The lowest BCUT2D eigenvalue weighted by Crippen LogP contribution is -2.32. The number of aromatic nitrogens is 2. The molecule has 0 aromatic carbocycles. The second kappa shape index (κ2) is 6.00. The highest BCUT2D eigenvalue weighted by atomic mass is 32.2.